The second kappa shape index (κ2) is 14.3. The number of thiophene rings is 2. The second-order valence-corrected chi connectivity index (χ2v) is 11.5. The number of benzene rings is 2. The smallest absolute Gasteiger partial charge is 0.162 e. The molecule has 207 valence electrons. The van der Waals surface area contributed by atoms with E-state index in [-0.39, 0.29) is 43.5 Å². The normalized spacial score (nSPS) is 11.7. The standard InChI is InChI=1S/C19H11N2S2.C13H24O2.Ir/c1-11-6-16(22-9-11)18-19-17(20-10-21-18)14-7-12-4-2-3-5-13(12)8-15(14)23-19;1-5-10(6-2)12(14)9-13(15)11(7-3)8-4;/h2-5,7-10H,1H3;9-11,14H,5-8H2,1-4H3;/q-1;;/b;12-9-;. The van der Waals surface area contributed by atoms with Gasteiger partial charge in [-0.05, 0) is 48.6 Å². The van der Waals surface area contributed by atoms with Crippen molar-refractivity contribution < 1.29 is 30.0 Å². The molecule has 0 bridgehead atoms. The maximum atomic E-state index is 11.7. The second-order valence-electron chi connectivity index (χ2n) is 9.57. The molecule has 3 aromatic heterocycles. The van der Waals surface area contributed by atoms with Gasteiger partial charge in [0.05, 0.1) is 11.3 Å². The molecule has 39 heavy (non-hydrogen) atoms. The number of aryl methyl sites for hydroxylation is 1. The third-order valence-corrected chi connectivity index (χ3v) is 9.23. The predicted molar refractivity (Wildman–Crippen MR) is 163 cm³/mol. The maximum Gasteiger partial charge on any atom is 0.162 e. The molecular formula is C32H35IrN2O2S2-. The third-order valence-electron chi connectivity index (χ3n) is 7.08. The molecule has 0 aliphatic heterocycles. The number of carbonyl (C=O) groups excluding carboxylic acids is 1. The van der Waals surface area contributed by atoms with Crippen molar-refractivity contribution in [2.75, 3.05) is 0 Å². The Hall–Kier alpha value is -2.44. The summed E-state index contributed by atoms with van der Waals surface area (Å²) < 4.78 is 2.41. The minimum Gasteiger partial charge on any atom is -0.512 e. The average Bonchev–Trinajstić information content (AvgIpc) is 3.52. The van der Waals surface area contributed by atoms with Crippen LogP contribution in [0.2, 0.25) is 0 Å². The molecule has 3 heterocycles. The zero-order valence-corrected chi connectivity index (χ0v) is 27.1. The van der Waals surface area contributed by atoms with Gasteiger partial charge >= 0.3 is 0 Å². The number of carbonyl (C=O) groups is 1. The summed E-state index contributed by atoms with van der Waals surface area (Å²) in [6.07, 6.45) is 6.57. The van der Waals surface area contributed by atoms with Gasteiger partial charge in [-0.2, -0.15) is 11.6 Å². The van der Waals surface area contributed by atoms with E-state index in [1.807, 2.05) is 27.7 Å². The Labute approximate surface area is 252 Å². The van der Waals surface area contributed by atoms with Crippen molar-refractivity contribution in [3.63, 3.8) is 0 Å². The summed E-state index contributed by atoms with van der Waals surface area (Å²) in [5, 5.41) is 15.6. The summed E-state index contributed by atoms with van der Waals surface area (Å²) >= 11 is 3.46. The van der Waals surface area contributed by atoms with Gasteiger partial charge in [-0.15, -0.1) is 16.7 Å². The predicted octanol–water partition coefficient (Wildman–Crippen LogP) is 9.70. The monoisotopic (exact) mass is 736 g/mol. The van der Waals surface area contributed by atoms with E-state index in [9.17, 15) is 9.90 Å². The van der Waals surface area contributed by atoms with Gasteiger partial charge in [-0.25, -0.2) is 16.3 Å². The number of rotatable bonds is 8. The largest absolute Gasteiger partial charge is 0.512 e. The van der Waals surface area contributed by atoms with E-state index in [0.717, 1.165) is 52.0 Å². The van der Waals surface area contributed by atoms with Crippen molar-refractivity contribution in [2.24, 2.45) is 11.8 Å². The van der Waals surface area contributed by atoms with Crippen LogP contribution in [0.15, 0.2) is 59.9 Å². The third kappa shape index (κ3) is 7.01. The van der Waals surface area contributed by atoms with Crippen LogP contribution in [0.3, 0.4) is 0 Å². The molecule has 0 amide bonds. The average molecular weight is 736 g/mol. The fourth-order valence-electron chi connectivity index (χ4n) is 4.70. The van der Waals surface area contributed by atoms with E-state index in [4.69, 9.17) is 0 Å². The van der Waals surface area contributed by atoms with Crippen molar-refractivity contribution >= 4 is 59.5 Å². The summed E-state index contributed by atoms with van der Waals surface area (Å²) in [5.74, 6) is 0.547. The minimum absolute atomic E-state index is 0. The molecular weight excluding hydrogens is 701 g/mol. The number of aromatic nitrogens is 2. The number of nitrogens with zero attached hydrogens (tertiary/aromatic N) is 2. The molecule has 0 aliphatic rings. The maximum absolute atomic E-state index is 11.7. The molecule has 0 aliphatic carbocycles. The number of allylic oxidation sites excluding steroid dienone is 2. The SMILES string of the molecule is CCC(CC)C(=O)/C=C(\O)C(CC)CC.Cc1[c-]c(-c2ncnc3c2sc2cc4ccccc4cc23)sc1.[Ir]. The van der Waals surface area contributed by atoms with E-state index >= 15 is 0 Å². The Morgan fingerprint density at radius 2 is 1.64 bits per heavy atom. The Bertz CT molecular complexity index is 1580. The first-order chi connectivity index (χ1) is 18.4. The van der Waals surface area contributed by atoms with E-state index in [1.54, 1.807) is 29.0 Å². The molecule has 0 atom stereocenters. The number of fused-ring (bicyclic) bond motifs is 4. The first kappa shape index (κ1) is 31.1. The van der Waals surface area contributed by atoms with Crippen LogP contribution < -0.4 is 0 Å². The zero-order valence-electron chi connectivity index (χ0n) is 23.1. The summed E-state index contributed by atoms with van der Waals surface area (Å²) in [5.41, 5.74) is 3.20. The summed E-state index contributed by atoms with van der Waals surface area (Å²) in [6.45, 7) is 10.1. The van der Waals surface area contributed by atoms with Crippen LogP contribution in [0.25, 0.3) is 41.6 Å². The first-order valence-corrected chi connectivity index (χ1v) is 15.1. The van der Waals surface area contributed by atoms with E-state index in [0.29, 0.717) is 0 Å². The first-order valence-electron chi connectivity index (χ1n) is 13.4. The molecule has 1 radical (unpaired) electrons. The van der Waals surface area contributed by atoms with Crippen molar-refractivity contribution in [3.05, 3.63) is 71.6 Å². The van der Waals surface area contributed by atoms with Gasteiger partial charge in [0.25, 0.3) is 0 Å². The van der Waals surface area contributed by atoms with Crippen molar-refractivity contribution in [1.29, 1.82) is 0 Å². The van der Waals surface area contributed by atoms with Gasteiger partial charge in [0, 0.05) is 58.5 Å². The molecule has 1 N–H and O–H groups in total. The number of ketones is 1. The topological polar surface area (TPSA) is 63.1 Å². The van der Waals surface area contributed by atoms with Crippen LogP contribution in [-0.4, -0.2) is 20.9 Å². The summed E-state index contributed by atoms with van der Waals surface area (Å²) in [6, 6.07) is 16.4. The van der Waals surface area contributed by atoms with E-state index in [2.05, 4.69) is 64.7 Å². The number of hydrogen-bond donors (Lipinski definition) is 1. The Kier molecular flexibility index (Phi) is 11.4. The van der Waals surface area contributed by atoms with Crippen LogP contribution in [-0.2, 0) is 24.9 Å². The van der Waals surface area contributed by atoms with Gasteiger partial charge in [0.2, 0.25) is 0 Å². The number of hydrogen-bond acceptors (Lipinski definition) is 6. The number of aliphatic hydroxyl groups excluding tert-OH is 1. The fraction of sp³-hybridized carbons (Fsp3) is 0.344. The van der Waals surface area contributed by atoms with Crippen molar-refractivity contribution in [1.82, 2.24) is 9.97 Å². The van der Waals surface area contributed by atoms with E-state index in [1.165, 1.54) is 26.9 Å². The molecule has 5 rings (SSSR count). The van der Waals surface area contributed by atoms with Gasteiger partial charge in [-0.1, -0.05) is 63.8 Å². The summed E-state index contributed by atoms with van der Waals surface area (Å²) in [7, 11) is 0. The van der Waals surface area contributed by atoms with Crippen LogP contribution in [0, 0.1) is 24.8 Å². The van der Waals surface area contributed by atoms with Crippen molar-refractivity contribution in [2.45, 2.75) is 60.3 Å². The van der Waals surface area contributed by atoms with Crippen LogP contribution in [0.5, 0.6) is 0 Å². The van der Waals surface area contributed by atoms with Crippen molar-refractivity contribution in [3.8, 4) is 10.6 Å². The molecule has 0 spiro atoms. The van der Waals surface area contributed by atoms with Crippen LogP contribution in [0.4, 0.5) is 0 Å². The Morgan fingerprint density at radius 1 is 1.00 bits per heavy atom. The molecule has 5 aromatic rings. The minimum atomic E-state index is 0. The molecule has 7 heteroatoms. The molecule has 0 saturated carbocycles. The van der Waals surface area contributed by atoms with Gasteiger partial charge in [0.1, 0.15) is 6.33 Å². The Morgan fingerprint density at radius 3 is 2.23 bits per heavy atom. The fourth-order valence-corrected chi connectivity index (χ4v) is 6.79. The molecule has 0 saturated heterocycles. The molecule has 0 fully saturated rings. The van der Waals surface area contributed by atoms with Crippen LogP contribution >= 0.6 is 22.7 Å². The number of aliphatic hydroxyl groups is 1. The van der Waals surface area contributed by atoms with Gasteiger partial charge in [-0.3, -0.25) is 9.78 Å². The van der Waals surface area contributed by atoms with E-state index < -0.39 is 0 Å². The Balaban J connectivity index is 0.000000233. The summed E-state index contributed by atoms with van der Waals surface area (Å²) in [4.78, 5) is 21.9. The molecule has 2 aromatic carbocycles. The quantitative estimate of drug-likeness (QED) is 0.0980. The van der Waals surface area contributed by atoms with Gasteiger partial charge < -0.3 is 5.11 Å². The van der Waals surface area contributed by atoms with Gasteiger partial charge in [0.15, 0.2) is 5.78 Å². The van der Waals surface area contributed by atoms with Crippen LogP contribution in [0.1, 0.15) is 58.9 Å². The molecule has 0 unspecified atom stereocenters. The molecule has 4 nitrogen and oxygen atoms in total. The zero-order chi connectivity index (χ0) is 27.2.